The average Bonchev–Trinajstić information content (AvgIpc) is 2.26. The van der Waals surface area contributed by atoms with E-state index in [-0.39, 0.29) is 19.8 Å². The molecule has 0 aromatic carbocycles. The lowest BCUT2D eigenvalue weighted by atomic mass is 10.3. The van der Waals surface area contributed by atoms with Gasteiger partial charge in [0.25, 0.3) is 0 Å². The maximum Gasteiger partial charge on any atom is 0.326 e. The van der Waals surface area contributed by atoms with Crippen molar-refractivity contribution in [3.63, 3.8) is 0 Å². The van der Waals surface area contributed by atoms with Crippen LogP contribution in [-0.2, 0) is 29.1 Å². The lowest BCUT2D eigenvalue weighted by molar-refractivity contribution is -0.149. The SMILES string of the molecule is COC(=O)C1COCCN1S(=O)(=O)CC(=O)O. The Bertz CT molecular complexity index is 404. The van der Waals surface area contributed by atoms with Gasteiger partial charge < -0.3 is 14.6 Å². The van der Waals surface area contributed by atoms with Crippen LogP contribution < -0.4 is 0 Å². The van der Waals surface area contributed by atoms with Crippen LogP contribution in [0.1, 0.15) is 0 Å². The number of carbonyl (C=O) groups is 2. The molecule has 1 aliphatic rings. The van der Waals surface area contributed by atoms with Crippen molar-refractivity contribution in [2.24, 2.45) is 0 Å². The van der Waals surface area contributed by atoms with Gasteiger partial charge in [-0.3, -0.25) is 9.59 Å². The molecular weight excluding hydrogens is 254 g/mol. The van der Waals surface area contributed by atoms with E-state index in [1.165, 1.54) is 0 Å². The zero-order chi connectivity index (χ0) is 13.1. The molecule has 1 atom stereocenters. The highest BCUT2D eigenvalue weighted by Gasteiger charge is 2.39. The fourth-order valence-electron chi connectivity index (χ4n) is 1.48. The van der Waals surface area contributed by atoms with E-state index in [1.54, 1.807) is 0 Å². The van der Waals surface area contributed by atoms with E-state index in [1.807, 2.05) is 0 Å². The third-order valence-electron chi connectivity index (χ3n) is 2.22. The summed E-state index contributed by atoms with van der Waals surface area (Å²) in [5.74, 6) is -3.29. The number of hydrogen-bond donors (Lipinski definition) is 1. The maximum atomic E-state index is 11.7. The highest BCUT2D eigenvalue weighted by molar-refractivity contribution is 7.89. The highest BCUT2D eigenvalue weighted by Crippen LogP contribution is 2.14. The van der Waals surface area contributed by atoms with Gasteiger partial charge in [-0.25, -0.2) is 8.42 Å². The van der Waals surface area contributed by atoms with Crippen LogP contribution >= 0.6 is 0 Å². The molecule has 0 bridgehead atoms. The van der Waals surface area contributed by atoms with Gasteiger partial charge in [0.05, 0.1) is 20.3 Å². The first-order valence-corrected chi connectivity index (χ1v) is 6.36. The van der Waals surface area contributed by atoms with Crippen molar-refractivity contribution in [2.45, 2.75) is 6.04 Å². The van der Waals surface area contributed by atoms with Crippen molar-refractivity contribution >= 4 is 22.0 Å². The first-order chi connectivity index (χ1) is 7.88. The van der Waals surface area contributed by atoms with Gasteiger partial charge >= 0.3 is 11.9 Å². The first kappa shape index (κ1) is 13.9. The van der Waals surface area contributed by atoms with E-state index in [9.17, 15) is 18.0 Å². The summed E-state index contributed by atoms with van der Waals surface area (Å²) in [4.78, 5) is 21.8. The molecule has 0 aromatic heterocycles. The standard InChI is InChI=1S/C8H13NO7S/c1-15-8(12)6-4-16-3-2-9(6)17(13,14)5-7(10)11/h6H,2-5H2,1H3,(H,10,11). The predicted molar refractivity (Wildman–Crippen MR) is 54.8 cm³/mol. The molecular formula is C8H13NO7S. The molecule has 0 amide bonds. The number of esters is 1. The van der Waals surface area contributed by atoms with Crippen molar-refractivity contribution in [3.05, 3.63) is 0 Å². The van der Waals surface area contributed by atoms with Crippen molar-refractivity contribution in [1.29, 1.82) is 0 Å². The summed E-state index contributed by atoms with van der Waals surface area (Å²) in [6, 6.07) is -1.11. The summed E-state index contributed by atoms with van der Waals surface area (Å²) in [6.45, 7) is -0.0761. The van der Waals surface area contributed by atoms with Crippen LogP contribution in [-0.4, -0.2) is 68.4 Å². The summed E-state index contributed by atoms with van der Waals surface area (Å²) < 4.78 is 33.7. The number of sulfonamides is 1. The number of aliphatic carboxylic acids is 1. The topological polar surface area (TPSA) is 110 Å². The summed E-state index contributed by atoms with van der Waals surface area (Å²) in [7, 11) is -2.91. The molecule has 1 unspecified atom stereocenters. The predicted octanol–water partition coefficient (Wildman–Crippen LogP) is -1.73. The van der Waals surface area contributed by atoms with Crippen LogP contribution in [0, 0.1) is 0 Å². The van der Waals surface area contributed by atoms with Crippen LogP contribution in [0.15, 0.2) is 0 Å². The molecule has 1 aliphatic heterocycles. The molecule has 0 saturated carbocycles. The van der Waals surface area contributed by atoms with E-state index in [4.69, 9.17) is 9.84 Å². The largest absolute Gasteiger partial charge is 0.480 e. The molecule has 8 nitrogen and oxygen atoms in total. The lowest BCUT2D eigenvalue weighted by Crippen LogP contribution is -2.54. The van der Waals surface area contributed by atoms with Crippen molar-refractivity contribution in [3.8, 4) is 0 Å². The molecule has 0 aliphatic carbocycles. The van der Waals surface area contributed by atoms with Gasteiger partial charge in [0.2, 0.25) is 10.0 Å². The maximum absolute atomic E-state index is 11.7. The Labute approximate surface area is 98.2 Å². The fraction of sp³-hybridized carbons (Fsp3) is 0.750. The zero-order valence-corrected chi connectivity index (χ0v) is 9.97. The fourth-order valence-corrected chi connectivity index (χ4v) is 2.85. The Hall–Kier alpha value is -1.19. The van der Waals surface area contributed by atoms with Gasteiger partial charge in [-0.1, -0.05) is 0 Å². The van der Waals surface area contributed by atoms with Gasteiger partial charge in [-0.05, 0) is 0 Å². The normalized spacial score (nSPS) is 22.1. The van der Waals surface area contributed by atoms with Crippen molar-refractivity contribution < 1.29 is 32.6 Å². The van der Waals surface area contributed by atoms with Crippen LogP contribution in [0.5, 0.6) is 0 Å². The molecule has 1 saturated heterocycles. The summed E-state index contributed by atoms with van der Waals surface area (Å²) in [6.07, 6.45) is 0. The third kappa shape index (κ3) is 3.38. The zero-order valence-electron chi connectivity index (χ0n) is 9.16. The van der Waals surface area contributed by atoms with E-state index < -0.39 is 33.8 Å². The Morgan fingerprint density at radius 2 is 2.18 bits per heavy atom. The number of carbonyl (C=O) groups excluding carboxylic acids is 1. The van der Waals surface area contributed by atoms with E-state index in [2.05, 4.69) is 4.74 Å². The van der Waals surface area contributed by atoms with E-state index in [0.29, 0.717) is 0 Å². The minimum atomic E-state index is -4.03. The summed E-state index contributed by atoms with van der Waals surface area (Å²) >= 11 is 0. The number of carboxylic acid groups (broad SMARTS) is 1. The number of rotatable bonds is 4. The minimum absolute atomic E-state index is 0.0601. The number of nitrogens with zero attached hydrogens (tertiary/aromatic N) is 1. The molecule has 17 heavy (non-hydrogen) atoms. The van der Waals surface area contributed by atoms with Crippen LogP contribution in [0.25, 0.3) is 0 Å². The van der Waals surface area contributed by atoms with Crippen molar-refractivity contribution in [1.82, 2.24) is 4.31 Å². The van der Waals surface area contributed by atoms with Gasteiger partial charge in [-0.2, -0.15) is 4.31 Å². The molecule has 1 fully saturated rings. The third-order valence-corrected chi connectivity index (χ3v) is 3.98. The highest BCUT2D eigenvalue weighted by atomic mass is 32.2. The number of methoxy groups -OCH3 is 1. The summed E-state index contributed by atoms with van der Waals surface area (Å²) in [5, 5.41) is 8.51. The Balaban J connectivity index is 2.91. The molecule has 0 aromatic rings. The quantitative estimate of drug-likeness (QED) is 0.603. The molecule has 1 N–H and O–H groups in total. The van der Waals surface area contributed by atoms with Gasteiger partial charge in [0.1, 0.15) is 6.04 Å². The molecule has 0 spiro atoms. The van der Waals surface area contributed by atoms with Gasteiger partial charge in [-0.15, -0.1) is 0 Å². The smallest absolute Gasteiger partial charge is 0.326 e. The minimum Gasteiger partial charge on any atom is -0.480 e. The van der Waals surface area contributed by atoms with Gasteiger partial charge in [0.15, 0.2) is 5.75 Å². The average molecular weight is 267 g/mol. The number of carboxylic acids is 1. The molecule has 98 valence electrons. The number of ether oxygens (including phenoxy) is 2. The lowest BCUT2D eigenvalue weighted by Gasteiger charge is -2.32. The van der Waals surface area contributed by atoms with E-state index in [0.717, 1.165) is 11.4 Å². The second-order valence-electron chi connectivity index (χ2n) is 3.37. The Kier molecular flexibility index (Phi) is 4.43. The Morgan fingerprint density at radius 3 is 2.71 bits per heavy atom. The first-order valence-electron chi connectivity index (χ1n) is 4.75. The number of hydrogen-bond acceptors (Lipinski definition) is 6. The molecule has 1 rings (SSSR count). The van der Waals surface area contributed by atoms with Crippen molar-refractivity contribution in [2.75, 3.05) is 32.6 Å². The second kappa shape index (κ2) is 5.43. The van der Waals surface area contributed by atoms with Crippen LogP contribution in [0.3, 0.4) is 0 Å². The van der Waals surface area contributed by atoms with Crippen LogP contribution in [0.2, 0.25) is 0 Å². The number of morpholine rings is 1. The molecule has 0 radical (unpaired) electrons. The monoisotopic (exact) mass is 267 g/mol. The van der Waals surface area contributed by atoms with Gasteiger partial charge in [0, 0.05) is 6.54 Å². The van der Waals surface area contributed by atoms with E-state index >= 15 is 0 Å². The molecule has 9 heteroatoms. The summed E-state index contributed by atoms with van der Waals surface area (Å²) in [5.41, 5.74) is 0. The second-order valence-corrected chi connectivity index (χ2v) is 5.30. The van der Waals surface area contributed by atoms with Crippen LogP contribution in [0.4, 0.5) is 0 Å². The Morgan fingerprint density at radius 1 is 1.53 bits per heavy atom. The molecule has 1 heterocycles.